The van der Waals surface area contributed by atoms with E-state index >= 15 is 0 Å². The summed E-state index contributed by atoms with van der Waals surface area (Å²) in [4.78, 5) is 2.76. The second-order valence-electron chi connectivity index (χ2n) is 3.61. The number of hydrogen-bond donors (Lipinski definition) is 0. The molecule has 0 amide bonds. The molecule has 1 atom stereocenters. The highest BCUT2D eigenvalue weighted by atomic mass is 127. The smallest absolute Gasteiger partial charge is 0.0750 e. The first-order chi connectivity index (χ1) is 7.99. The first kappa shape index (κ1) is 14.3. The molecule has 0 radical (unpaired) electrons. The van der Waals surface area contributed by atoms with E-state index in [0.717, 1.165) is 13.1 Å². The molecular weight excluding hydrogens is 498 g/mol. The van der Waals surface area contributed by atoms with E-state index in [1.165, 1.54) is 15.3 Å². The average Bonchev–Trinajstić information content (AvgIpc) is 2.61. The van der Waals surface area contributed by atoms with E-state index in [9.17, 15) is 0 Å². The van der Waals surface area contributed by atoms with E-state index in [4.69, 9.17) is 11.6 Å². The molecule has 1 aromatic heterocycles. The van der Waals surface area contributed by atoms with Crippen LogP contribution in [0.15, 0.2) is 28.7 Å². The highest BCUT2D eigenvalue weighted by molar-refractivity contribution is 14.1. The van der Waals surface area contributed by atoms with Gasteiger partial charge in [0.2, 0.25) is 0 Å². The Balaban J connectivity index is 2.40. The maximum atomic E-state index is 6.15. The first-order valence-electron chi connectivity index (χ1n) is 4.84. The van der Waals surface area contributed by atoms with Crippen molar-refractivity contribution in [3.05, 3.63) is 52.6 Å². The summed E-state index contributed by atoms with van der Waals surface area (Å²) in [6.45, 7) is 2.11. The lowest BCUT2D eigenvalue weighted by Gasteiger charge is -2.10. The molecule has 1 aromatic carbocycles. The molecule has 0 fully saturated rings. The van der Waals surface area contributed by atoms with Gasteiger partial charge in [-0.05, 0) is 69.2 Å². The van der Waals surface area contributed by atoms with Crippen LogP contribution in [0, 0.1) is 10.5 Å². The van der Waals surface area contributed by atoms with Crippen molar-refractivity contribution in [2.75, 3.05) is 0 Å². The van der Waals surface area contributed by atoms with Gasteiger partial charge in [0.25, 0.3) is 0 Å². The summed E-state index contributed by atoms with van der Waals surface area (Å²) in [5.74, 6) is 0. The maximum Gasteiger partial charge on any atom is 0.0750 e. The van der Waals surface area contributed by atoms with E-state index < -0.39 is 0 Å². The standard InChI is InChI=1S/C12H8Br2ClIS/c1-6-4-8(13)12(17-6)11(14)7-2-3-10(16)9(15)5-7/h2-5,11H,1H3. The van der Waals surface area contributed by atoms with Crippen molar-refractivity contribution in [3.8, 4) is 0 Å². The Hall–Kier alpha value is 0.900. The number of rotatable bonds is 2. The van der Waals surface area contributed by atoms with Crippen LogP contribution in [0.5, 0.6) is 0 Å². The van der Waals surface area contributed by atoms with Crippen LogP contribution in [0.1, 0.15) is 20.1 Å². The molecule has 5 heteroatoms. The SMILES string of the molecule is Cc1cc(Br)c(C(Br)c2ccc(I)c(Cl)c2)s1. The van der Waals surface area contributed by atoms with Crippen LogP contribution in [-0.2, 0) is 0 Å². The lowest BCUT2D eigenvalue weighted by atomic mass is 10.1. The molecule has 1 heterocycles. The van der Waals surface area contributed by atoms with Crippen LogP contribution in [0.4, 0.5) is 0 Å². The van der Waals surface area contributed by atoms with E-state index in [0.29, 0.717) is 0 Å². The Labute approximate surface area is 140 Å². The molecular formula is C12H8Br2ClIS. The summed E-state index contributed by atoms with van der Waals surface area (Å²) < 4.78 is 2.23. The average molecular weight is 506 g/mol. The molecule has 1 unspecified atom stereocenters. The topological polar surface area (TPSA) is 0 Å². The van der Waals surface area contributed by atoms with Gasteiger partial charge in [-0.1, -0.05) is 33.6 Å². The molecule has 2 rings (SSSR count). The Morgan fingerprint density at radius 1 is 1.35 bits per heavy atom. The van der Waals surface area contributed by atoms with Crippen LogP contribution in [0.3, 0.4) is 0 Å². The van der Waals surface area contributed by atoms with Crippen LogP contribution in [0.2, 0.25) is 5.02 Å². The molecule has 90 valence electrons. The van der Waals surface area contributed by atoms with Crippen molar-refractivity contribution in [2.24, 2.45) is 0 Å². The Bertz CT molecular complexity index is 553. The van der Waals surface area contributed by atoms with Gasteiger partial charge >= 0.3 is 0 Å². The molecule has 0 saturated carbocycles. The summed E-state index contributed by atoms with van der Waals surface area (Å²) in [6.07, 6.45) is 0. The monoisotopic (exact) mass is 504 g/mol. The second kappa shape index (κ2) is 5.90. The van der Waals surface area contributed by atoms with Gasteiger partial charge < -0.3 is 0 Å². The lowest BCUT2D eigenvalue weighted by Crippen LogP contribution is -1.91. The number of halogens is 4. The molecule has 0 N–H and O–H groups in total. The number of aryl methyl sites for hydroxylation is 1. The van der Waals surface area contributed by atoms with Gasteiger partial charge in [-0.2, -0.15) is 0 Å². The van der Waals surface area contributed by atoms with Gasteiger partial charge in [-0.3, -0.25) is 0 Å². The van der Waals surface area contributed by atoms with Gasteiger partial charge in [0.1, 0.15) is 0 Å². The molecule has 0 aliphatic heterocycles. The van der Waals surface area contributed by atoms with Crippen molar-refractivity contribution in [1.29, 1.82) is 0 Å². The van der Waals surface area contributed by atoms with Crippen LogP contribution in [-0.4, -0.2) is 0 Å². The summed E-state index contributed by atoms with van der Waals surface area (Å²) >= 11 is 17.5. The summed E-state index contributed by atoms with van der Waals surface area (Å²) in [7, 11) is 0. The number of hydrogen-bond acceptors (Lipinski definition) is 1. The number of benzene rings is 1. The third-order valence-corrected chi connectivity index (χ3v) is 7.20. The molecule has 2 aromatic rings. The molecule has 0 saturated heterocycles. The lowest BCUT2D eigenvalue weighted by molar-refractivity contribution is 1.21. The molecule has 0 aliphatic rings. The fourth-order valence-corrected chi connectivity index (χ4v) is 5.03. The largest absolute Gasteiger partial charge is 0.143 e. The fraction of sp³-hybridized carbons (Fsp3) is 0.167. The third kappa shape index (κ3) is 3.26. The number of alkyl halides is 1. The quantitative estimate of drug-likeness (QED) is 0.320. The minimum Gasteiger partial charge on any atom is -0.143 e. The summed E-state index contributed by atoms with van der Waals surface area (Å²) in [6, 6.07) is 8.31. The zero-order valence-electron chi connectivity index (χ0n) is 8.81. The third-order valence-electron chi connectivity index (χ3n) is 2.30. The van der Waals surface area contributed by atoms with Gasteiger partial charge in [-0.25, -0.2) is 0 Å². The Morgan fingerprint density at radius 2 is 2.06 bits per heavy atom. The Kier molecular flexibility index (Phi) is 4.97. The predicted molar refractivity (Wildman–Crippen MR) is 91.7 cm³/mol. The Morgan fingerprint density at radius 3 is 2.59 bits per heavy atom. The van der Waals surface area contributed by atoms with Crippen molar-refractivity contribution in [3.63, 3.8) is 0 Å². The first-order valence-corrected chi connectivity index (χ1v) is 8.82. The zero-order valence-corrected chi connectivity index (χ0v) is 15.7. The highest BCUT2D eigenvalue weighted by Crippen LogP contribution is 2.41. The summed E-state index contributed by atoms with van der Waals surface area (Å²) in [5.41, 5.74) is 1.18. The highest BCUT2D eigenvalue weighted by Gasteiger charge is 2.17. The molecule has 0 aliphatic carbocycles. The van der Waals surface area contributed by atoms with Crippen LogP contribution in [0.25, 0.3) is 0 Å². The van der Waals surface area contributed by atoms with Gasteiger partial charge in [-0.15, -0.1) is 11.3 Å². The van der Waals surface area contributed by atoms with E-state index in [1.807, 2.05) is 12.1 Å². The van der Waals surface area contributed by atoms with Gasteiger partial charge in [0.15, 0.2) is 0 Å². The minimum atomic E-state index is 0.185. The zero-order chi connectivity index (χ0) is 12.6. The van der Waals surface area contributed by atoms with Crippen molar-refractivity contribution in [1.82, 2.24) is 0 Å². The van der Waals surface area contributed by atoms with Crippen molar-refractivity contribution >= 4 is 77.4 Å². The molecule has 0 bridgehead atoms. The second-order valence-corrected chi connectivity index (χ2v) is 8.23. The molecule has 17 heavy (non-hydrogen) atoms. The maximum absolute atomic E-state index is 6.15. The predicted octanol–water partition coefficient (Wildman–Crippen LogP) is 6.56. The molecule has 0 nitrogen and oxygen atoms in total. The minimum absolute atomic E-state index is 0.185. The van der Waals surface area contributed by atoms with E-state index in [1.54, 1.807) is 11.3 Å². The molecule has 0 spiro atoms. The fourth-order valence-electron chi connectivity index (χ4n) is 1.50. The van der Waals surface area contributed by atoms with Crippen LogP contribution < -0.4 is 0 Å². The van der Waals surface area contributed by atoms with E-state index in [2.05, 4.69) is 73.5 Å². The normalized spacial score (nSPS) is 12.8. The van der Waals surface area contributed by atoms with Gasteiger partial charge in [0, 0.05) is 17.8 Å². The van der Waals surface area contributed by atoms with E-state index in [-0.39, 0.29) is 4.83 Å². The van der Waals surface area contributed by atoms with Crippen molar-refractivity contribution < 1.29 is 0 Å². The van der Waals surface area contributed by atoms with Gasteiger partial charge in [0.05, 0.1) is 9.85 Å². The van der Waals surface area contributed by atoms with Crippen LogP contribution >= 0.6 is 77.4 Å². The summed E-state index contributed by atoms with van der Waals surface area (Å²) in [5, 5.41) is 0.803. The van der Waals surface area contributed by atoms with Crippen molar-refractivity contribution in [2.45, 2.75) is 11.8 Å². The number of thiophene rings is 1.